The summed E-state index contributed by atoms with van der Waals surface area (Å²) in [6, 6.07) is 5.02. The van der Waals surface area contributed by atoms with E-state index in [2.05, 4.69) is 10.1 Å². The Morgan fingerprint density at radius 3 is 2.64 bits per heavy atom. The summed E-state index contributed by atoms with van der Waals surface area (Å²) in [5, 5.41) is 2.65. The largest absolute Gasteiger partial charge is 0.494 e. The van der Waals surface area contributed by atoms with Crippen molar-refractivity contribution in [3.8, 4) is 5.75 Å². The molecule has 0 aliphatic carbocycles. The van der Waals surface area contributed by atoms with Crippen LogP contribution < -0.4 is 15.0 Å². The van der Waals surface area contributed by atoms with E-state index in [0.29, 0.717) is 17.1 Å². The van der Waals surface area contributed by atoms with Crippen LogP contribution in [0.2, 0.25) is 0 Å². The zero-order chi connectivity index (χ0) is 16.3. The van der Waals surface area contributed by atoms with Gasteiger partial charge in [0.15, 0.2) is 0 Å². The molecule has 1 saturated heterocycles. The van der Waals surface area contributed by atoms with Crippen LogP contribution in [0.1, 0.15) is 13.3 Å². The molecule has 0 saturated carbocycles. The van der Waals surface area contributed by atoms with Gasteiger partial charge in [-0.1, -0.05) is 0 Å². The van der Waals surface area contributed by atoms with Crippen molar-refractivity contribution in [2.75, 3.05) is 31.0 Å². The van der Waals surface area contributed by atoms with E-state index in [0.717, 1.165) is 0 Å². The molecule has 7 nitrogen and oxygen atoms in total. The lowest BCUT2D eigenvalue weighted by atomic mass is 10.1. The van der Waals surface area contributed by atoms with E-state index in [9.17, 15) is 14.4 Å². The first-order chi connectivity index (χ1) is 10.5. The number of nitrogens with zero attached hydrogens (tertiary/aromatic N) is 1. The minimum absolute atomic E-state index is 0.127. The molecule has 1 N–H and O–H groups in total. The highest BCUT2D eigenvalue weighted by Gasteiger charge is 2.36. The second-order valence-corrected chi connectivity index (χ2v) is 4.99. The van der Waals surface area contributed by atoms with Crippen molar-refractivity contribution >= 4 is 29.2 Å². The predicted molar refractivity (Wildman–Crippen MR) is 79.8 cm³/mol. The first kappa shape index (κ1) is 15.8. The number of rotatable bonds is 4. The molecule has 1 fully saturated rings. The Morgan fingerprint density at radius 2 is 2.05 bits per heavy atom. The van der Waals surface area contributed by atoms with Crippen LogP contribution in [0.4, 0.5) is 11.4 Å². The average molecular weight is 306 g/mol. The quantitative estimate of drug-likeness (QED) is 0.844. The van der Waals surface area contributed by atoms with Crippen molar-refractivity contribution in [2.45, 2.75) is 13.3 Å². The molecular weight excluding hydrogens is 288 g/mol. The van der Waals surface area contributed by atoms with Crippen LogP contribution >= 0.6 is 0 Å². The van der Waals surface area contributed by atoms with Crippen LogP contribution in [0.15, 0.2) is 18.2 Å². The second-order valence-electron chi connectivity index (χ2n) is 4.99. The van der Waals surface area contributed by atoms with Gasteiger partial charge in [-0.25, -0.2) is 0 Å². The zero-order valence-electron chi connectivity index (χ0n) is 12.7. The fourth-order valence-electron chi connectivity index (χ4n) is 2.42. The Morgan fingerprint density at radius 1 is 1.32 bits per heavy atom. The number of carbonyl (C=O) groups excluding carboxylic acids is 3. The molecule has 0 radical (unpaired) electrons. The van der Waals surface area contributed by atoms with E-state index in [1.807, 2.05) is 0 Å². The van der Waals surface area contributed by atoms with Gasteiger partial charge >= 0.3 is 5.97 Å². The lowest BCUT2D eigenvalue weighted by Gasteiger charge is -2.18. The molecule has 1 unspecified atom stereocenters. The van der Waals surface area contributed by atoms with Crippen molar-refractivity contribution in [1.29, 1.82) is 0 Å². The van der Waals surface area contributed by atoms with Crippen LogP contribution in [-0.2, 0) is 19.1 Å². The van der Waals surface area contributed by atoms with Crippen molar-refractivity contribution < 1.29 is 23.9 Å². The predicted octanol–water partition coefficient (Wildman–Crippen LogP) is 1.18. The summed E-state index contributed by atoms with van der Waals surface area (Å²) in [7, 11) is 2.79. The summed E-state index contributed by atoms with van der Waals surface area (Å²) in [4.78, 5) is 36.3. The first-order valence-electron chi connectivity index (χ1n) is 6.80. The normalized spacial score (nSPS) is 17.3. The highest BCUT2D eigenvalue weighted by atomic mass is 16.5. The third-order valence-electron chi connectivity index (χ3n) is 3.47. The summed E-state index contributed by atoms with van der Waals surface area (Å²) in [6.45, 7) is 1.67. The van der Waals surface area contributed by atoms with Gasteiger partial charge in [0.2, 0.25) is 11.8 Å². The third kappa shape index (κ3) is 3.19. The highest BCUT2D eigenvalue weighted by Crippen LogP contribution is 2.33. The molecule has 0 spiro atoms. The number of nitrogens with one attached hydrogen (secondary N) is 1. The van der Waals surface area contributed by atoms with E-state index in [1.54, 1.807) is 18.2 Å². The van der Waals surface area contributed by atoms with Gasteiger partial charge in [-0.2, -0.15) is 0 Å². The Balaban J connectivity index is 2.24. The molecule has 2 amide bonds. The molecule has 1 aromatic carbocycles. The maximum atomic E-state index is 12.1. The number of amides is 2. The lowest BCUT2D eigenvalue weighted by molar-refractivity contribution is -0.145. The number of hydrogen-bond acceptors (Lipinski definition) is 5. The van der Waals surface area contributed by atoms with E-state index in [4.69, 9.17) is 4.74 Å². The van der Waals surface area contributed by atoms with Crippen molar-refractivity contribution in [2.24, 2.45) is 5.92 Å². The van der Waals surface area contributed by atoms with Gasteiger partial charge in [-0.05, 0) is 12.1 Å². The summed E-state index contributed by atoms with van der Waals surface area (Å²) in [6.07, 6.45) is 0.127. The van der Waals surface area contributed by atoms with Crippen LogP contribution in [-0.4, -0.2) is 38.5 Å². The summed E-state index contributed by atoms with van der Waals surface area (Å²) >= 11 is 0. The number of methoxy groups -OCH3 is 2. The maximum Gasteiger partial charge on any atom is 0.311 e. The zero-order valence-corrected chi connectivity index (χ0v) is 12.7. The molecule has 1 aliphatic rings. The minimum Gasteiger partial charge on any atom is -0.494 e. The van der Waals surface area contributed by atoms with Gasteiger partial charge in [-0.15, -0.1) is 0 Å². The molecule has 118 valence electrons. The van der Waals surface area contributed by atoms with Gasteiger partial charge in [0, 0.05) is 31.6 Å². The van der Waals surface area contributed by atoms with Gasteiger partial charge in [-0.3, -0.25) is 14.4 Å². The molecule has 2 rings (SSSR count). The van der Waals surface area contributed by atoms with Crippen LogP contribution in [0.3, 0.4) is 0 Å². The Labute approximate surface area is 128 Å². The van der Waals surface area contributed by atoms with Gasteiger partial charge in [0.1, 0.15) is 5.75 Å². The summed E-state index contributed by atoms with van der Waals surface area (Å²) in [5.41, 5.74) is 1.14. The Hall–Kier alpha value is -2.57. The molecule has 0 aromatic heterocycles. The average Bonchev–Trinajstić information content (AvgIpc) is 2.88. The smallest absolute Gasteiger partial charge is 0.311 e. The maximum absolute atomic E-state index is 12.1. The van der Waals surface area contributed by atoms with E-state index < -0.39 is 11.9 Å². The number of hydrogen-bond donors (Lipinski definition) is 1. The third-order valence-corrected chi connectivity index (χ3v) is 3.47. The molecule has 1 atom stereocenters. The van der Waals surface area contributed by atoms with Crippen LogP contribution in [0.25, 0.3) is 0 Å². The first-order valence-corrected chi connectivity index (χ1v) is 6.80. The topological polar surface area (TPSA) is 84.9 Å². The fourth-order valence-corrected chi connectivity index (χ4v) is 2.42. The molecular formula is C15H18N2O5. The molecule has 22 heavy (non-hydrogen) atoms. The van der Waals surface area contributed by atoms with E-state index in [-0.39, 0.29) is 24.8 Å². The van der Waals surface area contributed by atoms with Crippen molar-refractivity contribution in [3.05, 3.63) is 18.2 Å². The van der Waals surface area contributed by atoms with E-state index in [1.165, 1.54) is 26.0 Å². The number of carbonyl (C=O) groups is 3. The van der Waals surface area contributed by atoms with Gasteiger partial charge < -0.3 is 19.7 Å². The van der Waals surface area contributed by atoms with E-state index >= 15 is 0 Å². The summed E-state index contributed by atoms with van der Waals surface area (Å²) in [5.74, 6) is -0.767. The summed E-state index contributed by atoms with van der Waals surface area (Å²) < 4.78 is 9.92. The second kappa shape index (κ2) is 6.46. The lowest BCUT2D eigenvalue weighted by Crippen LogP contribution is -2.26. The van der Waals surface area contributed by atoms with Crippen molar-refractivity contribution in [1.82, 2.24) is 0 Å². The fraction of sp³-hybridized carbons (Fsp3) is 0.400. The molecule has 1 aromatic rings. The minimum atomic E-state index is -0.460. The van der Waals surface area contributed by atoms with Gasteiger partial charge in [0.25, 0.3) is 0 Å². The van der Waals surface area contributed by atoms with Gasteiger partial charge in [0.05, 0.1) is 25.8 Å². The Bertz CT molecular complexity index is 614. The standard InChI is InChI=1S/C15H18N2O5/c1-9(18)16-12-5-4-11(7-13(12)21-2)17-8-10(6-14(17)19)15(20)22-3/h4-5,7,10H,6,8H2,1-3H3,(H,16,18). The van der Waals surface area contributed by atoms with Crippen LogP contribution in [0.5, 0.6) is 5.75 Å². The number of anilines is 2. The SMILES string of the molecule is COC(=O)C1CC(=O)N(c2ccc(NC(C)=O)c(OC)c2)C1. The van der Waals surface area contributed by atoms with Crippen LogP contribution in [0, 0.1) is 5.92 Å². The Kier molecular flexibility index (Phi) is 4.65. The molecule has 7 heteroatoms. The number of ether oxygens (including phenoxy) is 2. The number of esters is 1. The van der Waals surface area contributed by atoms with Crippen molar-refractivity contribution in [3.63, 3.8) is 0 Å². The number of benzene rings is 1. The molecule has 0 bridgehead atoms. The highest BCUT2D eigenvalue weighted by molar-refractivity contribution is 6.00. The monoisotopic (exact) mass is 306 g/mol. The molecule has 1 aliphatic heterocycles. The molecule has 1 heterocycles.